The number of hydrogen-bond acceptors (Lipinski definition) is 3. The van der Waals surface area contributed by atoms with Crippen molar-refractivity contribution in [1.82, 2.24) is 0 Å². The molecule has 1 atom stereocenters. The van der Waals surface area contributed by atoms with Crippen molar-refractivity contribution in [3.8, 4) is 0 Å². The van der Waals surface area contributed by atoms with Crippen LogP contribution in [0.3, 0.4) is 0 Å². The molecule has 0 spiro atoms. The molecule has 0 radical (unpaired) electrons. The molecule has 1 saturated heterocycles. The van der Waals surface area contributed by atoms with Gasteiger partial charge < -0.3 is 9.57 Å². The van der Waals surface area contributed by atoms with E-state index in [4.69, 9.17) is 9.57 Å². The maximum Gasteiger partial charge on any atom is 0.145 e. The van der Waals surface area contributed by atoms with Gasteiger partial charge in [0, 0.05) is 0 Å². The molecule has 0 N–H and O–H groups in total. The summed E-state index contributed by atoms with van der Waals surface area (Å²) in [6, 6.07) is 0. The van der Waals surface area contributed by atoms with Crippen molar-refractivity contribution in [2.75, 3.05) is 13.2 Å². The van der Waals surface area contributed by atoms with Crippen molar-refractivity contribution in [3.05, 3.63) is 0 Å². The van der Waals surface area contributed by atoms with Crippen LogP contribution in [0.5, 0.6) is 0 Å². The lowest BCUT2D eigenvalue weighted by Gasteiger charge is -2.11. The normalized spacial score (nSPS) is 28.3. The van der Waals surface area contributed by atoms with E-state index < -0.39 is 0 Å². The second kappa shape index (κ2) is 3.90. The molecule has 2 aliphatic rings. The average molecular weight is 169 g/mol. The van der Waals surface area contributed by atoms with Crippen LogP contribution in [0.1, 0.15) is 32.1 Å². The molecule has 1 aliphatic carbocycles. The minimum atomic E-state index is 0.331. The van der Waals surface area contributed by atoms with Crippen LogP contribution in [-0.2, 0) is 9.57 Å². The molecule has 0 amide bonds. The fourth-order valence-electron chi connectivity index (χ4n) is 1.43. The van der Waals surface area contributed by atoms with Gasteiger partial charge in [0.05, 0.1) is 12.3 Å². The largest absolute Gasteiger partial charge is 0.393 e. The van der Waals surface area contributed by atoms with Crippen LogP contribution in [-0.4, -0.2) is 25.0 Å². The third-order valence-corrected chi connectivity index (χ3v) is 2.29. The Morgan fingerprint density at radius 3 is 2.75 bits per heavy atom. The van der Waals surface area contributed by atoms with Gasteiger partial charge in [-0.15, -0.1) is 0 Å². The molecule has 0 bridgehead atoms. The quantitative estimate of drug-likeness (QED) is 0.476. The topological polar surface area (TPSA) is 34.1 Å². The Morgan fingerprint density at radius 1 is 1.33 bits per heavy atom. The van der Waals surface area contributed by atoms with Gasteiger partial charge in [0.1, 0.15) is 12.7 Å². The van der Waals surface area contributed by atoms with E-state index in [1.165, 1.54) is 25.0 Å². The average Bonchev–Trinajstić information content (AvgIpc) is 2.90. The zero-order chi connectivity index (χ0) is 8.23. The molecule has 3 nitrogen and oxygen atoms in total. The van der Waals surface area contributed by atoms with E-state index in [0.717, 1.165) is 19.4 Å². The van der Waals surface area contributed by atoms with E-state index >= 15 is 0 Å². The summed E-state index contributed by atoms with van der Waals surface area (Å²) in [5.74, 6) is 0. The van der Waals surface area contributed by atoms with Gasteiger partial charge in [-0.05, 0) is 25.7 Å². The van der Waals surface area contributed by atoms with Crippen molar-refractivity contribution < 1.29 is 9.57 Å². The number of nitrogens with zero attached hydrogens (tertiary/aromatic N) is 1. The molecule has 1 heterocycles. The molecule has 12 heavy (non-hydrogen) atoms. The van der Waals surface area contributed by atoms with Gasteiger partial charge in [-0.2, -0.15) is 0 Å². The molecule has 2 fully saturated rings. The highest BCUT2D eigenvalue weighted by molar-refractivity contribution is 5.84. The van der Waals surface area contributed by atoms with Crippen LogP contribution < -0.4 is 0 Å². The molecule has 2 rings (SSSR count). The van der Waals surface area contributed by atoms with Gasteiger partial charge in [-0.3, -0.25) is 0 Å². The highest BCUT2D eigenvalue weighted by Crippen LogP contribution is 2.15. The Kier molecular flexibility index (Phi) is 2.61. The van der Waals surface area contributed by atoms with Crippen molar-refractivity contribution in [2.45, 2.75) is 38.2 Å². The summed E-state index contributed by atoms with van der Waals surface area (Å²) in [7, 11) is 0. The third kappa shape index (κ3) is 2.48. The van der Waals surface area contributed by atoms with Crippen LogP contribution >= 0.6 is 0 Å². The fourth-order valence-corrected chi connectivity index (χ4v) is 1.43. The Morgan fingerprint density at radius 2 is 2.08 bits per heavy atom. The van der Waals surface area contributed by atoms with Crippen LogP contribution in [0.2, 0.25) is 0 Å². The monoisotopic (exact) mass is 169 g/mol. The number of oxime groups is 1. The third-order valence-electron chi connectivity index (χ3n) is 2.29. The summed E-state index contributed by atoms with van der Waals surface area (Å²) < 4.78 is 5.00. The van der Waals surface area contributed by atoms with Crippen molar-refractivity contribution in [3.63, 3.8) is 0 Å². The first-order chi connectivity index (χ1) is 5.95. The van der Waals surface area contributed by atoms with E-state index in [1.54, 1.807) is 0 Å². The van der Waals surface area contributed by atoms with E-state index in [9.17, 15) is 0 Å². The van der Waals surface area contributed by atoms with E-state index in [2.05, 4.69) is 5.16 Å². The molecule has 68 valence electrons. The molecule has 3 heteroatoms. The highest BCUT2D eigenvalue weighted by atomic mass is 16.7. The first-order valence-electron chi connectivity index (χ1n) is 4.74. The molecule has 0 aromatic heterocycles. The Labute approximate surface area is 72.7 Å². The van der Waals surface area contributed by atoms with Gasteiger partial charge in [0.25, 0.3) is 0 Å². The van der Waals surface area contributed by atoms with Gasteiger partial charge in [0.2, 0.25) is 0 Å². The summed E-state index contributed by atoms with van der Waals surface area (Å²) in [5.41, 5.74) is 1.24. The lowest BCUT2D eigenvalue weighted by atomic mass is 9.99. The standard InChI is InChI=1S/C9H15NO2/c1-2-4-8(5-3-1)10-12-7-9-6-11-9/h9H,1-7H2/t9-/m1/s1. The maximum atomic E-state index is 5.16. The minimum Gasteiger partial charge on any atom is -0.393 e. The smallest absolute Gasteiger partial charge is 0.145 e. The summed E-state index contributed by atoms with van der Waals surface area (Å²) in [4.78, 5) is 5.16. The first kappa shape index (κ1) is 8.05. The predicted molar refractivity (Wildman–Crippen MR) is 46.2 cm³/mol. The van der Waals surface area contributed by atoms with Gasteiger partial charge in [-0.25, -0.2) is 0 Å². The van der Waals surface area contributed by atoms with Crippen molar-refractivity contribution in [2.24, 2.45) is 5.16 Å². The molecule has 0 aromatic rings. The molecule has 0 unspecified atom stereocenters. The first-order valence-corrected chi connectivity index (χ1v) is 4.74. The zero-order valence-corrected chi connectivity index (χ0v) is 7.29. The number of rotatable bonds is 3. The number of hydrogen-bond donors (Lipinski definition) is 0. The minimum absolute atomic E-state index is 0.331. The van der Waals surface area contributed by atoms with Gasteiger partial charge in [-0.1, -0.05) is 11.6 Å². The van der Waals surface area contributed by atoms with Crippen LogP contribution in [0.15, 0.2) is 5.16 Å². The van der Waals surface area contributed by atoms with E-state index in [0.29, 0.717) is 12.7 Å². The fraction of sp³-hybridized carbons (Fsp3) is 0.889. The van der Waals surface area contributed by atoms with Crippen LogP contribution in [0.25, 0.3) is 0 Å². The molecular formula is C9H15NO2. The summed E-state index contributed by atoms with van der Waals surface area (Å²) in [6.45, 7) is 1.49. The van der Waals surface area contributed by atoms with Crippen molar-refractivity contribution in [1.29, 1.82) is 0 Å². The zero-order valence-electron chi connectivity index (χ0n) is 7.29. The van der Waals surface area contributed by atoms with Gasteiger partial charge >= 0.3 is 0 Å². The number of ether oxygens (including phenoxy) is 1. The second-order valence-corrected chi connectivity index (χ2v) is 3.47. The lowest BCUT2D eigenvalue weighted by molar-refractivity contribution is 0.123. The molecule has 0 aromatic carbocycles. The Balaban J connectivity index is 1.65. The SMILES string of the molecule is C1CCC(=NOC[C@H]2CO2)CC1. The summed E-state index contributed by atoms with van der Waals surface area (Å²) >= 11 is 0. The lowest BCUT2D eigenvalue weighted by Crippen LogP contribution is -2.06. The van der Waals surface area contributed by atoms with Crippen LogP contribution in [0.4, 0.5) is 0 Å². The van der Waals surface area contributed by atoms with Gasteiger partial charge in [0.15, 0.2) is 0 Å². The molecular weight excluding hydrogens is 154 g/mol. The Bertz CT molecular complexity index is 167. The summed E-state index contributed by atoms with van der Waals surface area (Å²) in [6.07, 6.45) is 6.50. The Hall–Kier alpha value is -0.570. The molecule has 1 aliphatic heterocycles. The molecule has 1 saturated carbocycles. The highest BCUT2D eigenvalue weighted by Gasteiger charge is 2.23. The maximum absolute atomic E-state index is 5.16. The second-order valence-electron chi connectivity index (χ2n) is 3.47. The predicted octanol–water partition coefficient (Wildman–Crippen LogP) is 1.72. The number of epoxide rings is 1. The van der Waals surface area contributed by atoms with Crippen molar-refractivity contribution >= 4 is 5.71 Å². The van der Waals surface area contributed by atoms with E-state index in [-0.39, 0.29) is 0 Å². The summed E-state index contributed by atoms with van der Waals surface area (Å²) in [5, 5.41) is 4.10. The van der Waals surface area contributed by atoms with E-state index in [1.807, 2.05) is 0 Å². The van der Waals surface area contributed by atoms with Crippen LogP contribution in [0, 0.1) is 0 Å².